The van der Waals surface area contributed by atoms with Crippen LogP contribution in [-0.4, -0.2) is 26.2 Å². The smallest absolute Gasteiger partial charge is 0.0455 e. The van der Waals surface area contributed by atoms with E-state index in [1.807, 2.05) is 14.0 Å². The van der Waals surface area contributed by atoms with E-state index in [-0.39, 0.29) is 0 Å². The van der Waals surface area contributed by atoms with E-state index in [2.05, 4.69) is 28.4 Å². The van der Waals surface area contributed by atoms with Crippen LogP contribution in [0.5, 0.6) is 0 Å². The summed E-state index contributed by atoms with van der Waals surface area (Å²) in [6.45, 7) is 4.23. The molecule has 1 unspecified atom stereocenters. The topological polar surface area (TPSA) is 15.3 Å². The molecule has 1 saturated heterocycles. The van der Waals surface area contributed by atoms with Gasteiger partial charge in [-0.3, -0.25) is 0 Å². The summed E-state index contributed by atoms with van der Waals surface area (Å²) in [6.07, 6.45) is 1.21. The number of benzene rings is 1. The molecule has 3 heteroatoms. The van der Waals surface area contributed by atoms with Crippen molar-refractivity contribution in [2.45, 2.75) is 19.4 Å². The number of hydrogen-bond acceptors (Lipinski definition) is 2. The molecule has 1 aromatic carbocycles. The first-order valence-electron chi connectivity index (χ1n) is 5.39. The van der Waals surface area contributed by atoms with Crippen molar-refractivity contribution in [2.75, 3.05) is 25.0 Å². The number of aryl methyl sites for hydroxylation is 1. The lowest BCUT2D eigenvalue weighted by atomic mass is 10.2. The Morgan fingerprint density at radius 2 is 2.27 bits per heavy atom. The Kier molecular flexibility index (Phi) is 3.17. The predicted octanol–water partition coefficient (Wildman–Crippen LogP) is 2.45. The van der Waals surface area contributed by atoms with E-state index >= 15 is 0 Å². The van der Waals surface area contributed by atoms with Crippen LogP contribution in [0, 0.1) is 6.92 Å². The average Bonchev–Trinajstić information content (AvgIpc) is 2.70. The average molecular weight is 225 g/mol. The SMILES string of the molecule is CNC1CCN(c2ccc(C)c(Cl)c2)C1. The molecule has 1 aliphatic rings. The normalized spacial score (nSPS) is 21.0. The van der Waals surface area contributed by atoms with E-state index in [1.165, 1.54) is 12.1 Å². The maximum atomic E-state index is 6.12. The molecule has 2 nitrogen and oxygen atoms in total. The summed E-state index contributed by atoms with van der Waals surface area (Å²) in [5.41, 5.74) is 2.38. The predicted molar refractivity (Wildman–Crippen MR) is 65.9 cm³/mol. The van der Waals surface area contributed by atoms with Gasteiger partial charge in [-0.25, -0.2) is 0 Å². The van der Waals surface area contributed by atoms with Crippen molar-refractivity contribution in [3.63, 3.8) is 0 Å². The second-order valence-corrected chi connectivity index (χ2v) is 4.56. The van der Waals surface area contributed by atoms with Crippen molar-refractivity contribution in [2.24, 2.45) is 0 Å². The molecule has 0 spiro atoms. The van der Waals surface area contributed by atoms with E-state index in [0.717, 1.165) is 23.7 Å². The number of hydrogen-bond donors (Lipinski definition) is 1. The lowest BCUT2D eigenvalue weighted by Crippen LogP contribution is -2.29. The zero-order valence-electron chi connectivity index (χ0n) is 9.26. The Balaban J connectivity index is 2.13. The highest BCUT2D eigenvalue weighted by Crippen LogP contribution is 2.25. The van der Waals surface area contributed by atoms with Crippen molar-refractivity contribution in [1.82, 2.24) is 5.32 Å². The minimum atomic E-state index is 0.616. The van der Waals surface area contributed by atoms with Crippen molar-refractivity contribution >= 4 is 17.3 Å². The lowest BCUT2D eigenvalue weighted by Gasteiger charge is -2.19. The van der Waals surface area contributed by atoms with E-state index in [4.69, 9.17) is 11.6 Å². The van der Waals surface area contributed by atoms with Gasteiger partial charge in [-0.15, -0.1) is 0 Å². The molecule has 0 saturated carbocycles. The fourth-order valence-electron chi connectivity index (χ4n) is 2.01. The molecule has 1 aromatic rings. The van der Waals surface area contributed by atoms with E-state index < -0.39 is 0 Å². The van der Waals surface area contributed by atoms with Crippen LogP contribution in [0.4, 0.5) is 5.69 Å². The van der Waals surface area contributed by atoms with Crippen LogP contribution in [0.1, 0.15) is 12.0 Å². The zero-order valence-corrected chi connectivity index (χ0v) is 10.0. The lowest BCUT2D eigenvalue weighted by molar-refractivity contribution is 0.617. The molecular formula is C12H17ClN2. The van der Waals surface area contributed by atoms with Gasteiger partial charge in [0.2, 0.25) is 0 Å². The Hall–Kier alpha value is -0.730. The van der Waals surface area contributed by atoms with E-state index in [9.17, 15) is 0 Å². The highest BCUT2D eigenvalue weighted by atomic mass is 35.5. The number of nitrogens with one attached hydrogen (secondary N) is 1. The highest BCUT2D eigenvalue weighted by molar-refractivity contribution is 6.31. The number of likely N-dealkylation sites (N-methyl/N-ethyl adjacent to an activating group) is 1. The monoisotopic (exact) mass is 224 g/mol. The number of nitrogens with zero attached hydrogens (tertiary/aromatic N) is 1. The van der Waals surface area contributed by atoms with Crippen LogP contribution in [0.3, 0.4) is 0 Å². The Labute approximate surface area is 96.2 Å². The summed E-state index contributed by atoms with van der Waals surface area (Å²) in [5, 5.41) is 4.18. The second kappa shape index (κ2) is 4.42. The standard InChI is InChI=1S/C12H17ClN2/c1-9-3-4-11(7-12(9)13)15-6-5-10(8-15)14-2/h3-4,7,10,14H,5-6,8H2,1-2H3. The molecule has 15 heavy (non-hydrogen) atoms. The minimum Gasteiger partial charge on any atom is -0.370 e. The van der Waals surface area contributed by atoms with Crippen molar-refractivity contribution in [3.05, 3.63) is 28.8 Å². The van der Waals surface area contributed by atoms with Gasteiger partial charge in [-0.05, 0) is 38.1 Å². The number of halogens is 1. The summed E-state index contributed by atoms with van der Waals surface area (Å²) in [5.74, 6) is 0. The zero-order chi connectivity index (χ0) is 10.8. The third kappa shape index (κ3) is 2.27. The van der Waals surface area contributed by atoms with E-state index in [1.54, 1.807) is 0 Å². The fraction of sp³-hybridized carbons (Fsp3) is 0.500. The summed E-state index contributed by atoms with van der Waals surface area (Å²) >= 11 is 6.12. The van der Waals surface area contributed by atoms with Gasteiger partial charge in [0, 0.05) is 29.8 Å². The molecule has 0 aliphatic carbocycles. The molecule has 0 radical (unpaired) electrons. The summed E-state index contributed by atoms with van der Waals surface area (Å²) in [7, 11) is 2.02. The third-order valence-corrected chi connectivity index (χ3v) is 3.52. The Morgan fingerprint density at radius 1 is 1.47 bits per heavy atom. The van der Waals surface area contributed by atoms with Gasteiger partial charge in [0.25, 0.3) is 0 Å². The molecule has 0 bridgehead atoms. The molecule has 1 aliphatic heterocycles. The first-order chi connectivity index (χ1) is 7.20. The fourth-order valence-corrected chi connectivity index (χ4v) is 2.18. The van der Waals surface area contributed by atoms with Crippen LogP contribution in [0.15, 0.2) is 18.2 Å². The molecule has 82 valence electrons. The molecule has 1 fully saturated rings. The highest BCUT2D eigenvalue weighted by Gasteiger charge is 2.21. The van der Waals surface area contributed by atoms with Gasteiger partial charge in [0.05, 0.1) is 0 Å². The van der Waals surface area contributed by atoms with Crippen LogP contribution >= 0.6 is 11.6 Å². The largest absolute Gasteiger partial charge is 0.370 e. The van der Waals surface area contributed by atoms with Gasteiger partial charge in [0.15, 0.2) is 0 Å². The van der Waals surface area contributed by atoms with Crippen LogP contribution in [0.2, 0.25) is 5.02 Å². The van der Waals surface area contributed by atoms with Gasteiger partial charge >= 0.3 is 0 Å². The number of anilines is 1. The first kappa shape index (κ1) is 10.8. The molecule has 1 heterocycles. The van der Waals surface area contributed by atoms with E-state index in [0.29, 0.717) is 6.04 Å². The van der Waals surface area contributed by atoms with Gasteiger partial charge in [-0.1, -0.05) is 17.7 Å². The maximum absolute atomic E-state index is 6.12. The first-order valence-corrected chi connectivity index (χ1v) is 5.77. The third-order valence-electron chi connectivity index (χ3n) is 3.12. The van der Waals surface area contributed by atoms with Crippen molar-refractivity contribution in [1.29, 1.82) is 0 Å². The Bertz CT molecular complexity index is 351. The quantitative estimate of drug-likeness (QED) is 0.830. The van der Waals surface area contributed by atoms with Crippen molar-refractivity contribution in [3.8, 4) is 0 Å². The maximum Gasteiger partial charge on any atom is 0.0455 e. The molecule has 1 atom stereocenters. The van der Waals surface area contributed by atoms with Gasteiger partial charge in [0.1, 0.15) is 0 Å². The minimum absolute atomic E-state index is 0.616. The van der Waals surface area contributed by atoms with Gasteiger partial charge < -0.3 is 10.2 Å². The van der Waals surface area contributed by atoms with Crippen LogP contribution in [-0.2, 0) is 0 Å². The van der Waals surface area contributed by atoms with Crippen molar-refractivity contribution < 1.29 is 0 Å². The molecule has 0 aromatic heterocycles. The molecule has 0 amide bonds. The molecule has 2 rings (SSSR count). The Morgan fingerprint density at radius 3 is 2.87 bits per heavy atom. The molecular weight excluding hydrogens is 208 g/mol. The summed E-state index contributed by atoms with van der Waals surface area (Å²) in [6, 6.07) is 6.92. The van der Waals surface area contributed by atoms with Crippen LogP contribution in [0.25, 0.3) is 0 Å². The van der Waals surface area contributed by atoms with Crippen LogP contribution < -0.4 is 10.2 Å². The number of rotatable bonds is 2. The summed E-state index contributed by atoms with van der Waals surface area (Å²) in [4.78, 5) is 2.38. The summed E-state index contributed by atoms with van der Waals surface area (Å²) < 4.78 is 0. The van der Waals surface area contributed by atoms with Gasteiger partial charge in [-0.2, -0.15) is 0 Å². The second-order valence-electron chi connectivity index (χ2n) is 4.15. The molecule has 1 N–H and O–H groups in total.